The van der Waals surface area contributed by atoms with Gasteiger partial charge < -0.3 is 10.3 Å². The number of hydrogen-bond donors (Lipinski definition) is 1. The fourth-order valence-electron chi connectivity index (χ4n) is 2.09. The molecule has 3 rings (SSSR count). The number of nitrogens with zero attached hydrogens (tertiary/aromatic N) is 1. The molecule has 0 fully saturated rings. The lowest BCUT2D eigenvalue weighted by Crippen LogP contribution is -1.90. The van der Waals surface area contributed by atoms with E-state index in [0.29, 0.717) is 32.5 Å². The van der Waals surface area contributed by atoms with E-state index in [2.05, 4.69) is 5.16 Å². The Morgan fingerprint density at radius 2 is 1.86 bits per heavy atom. The van der Waals surface area contributed by atoms with Crippen LogP contribution < -0.4 is 5.73 Å². The standard InChI is InChI=1S/C15H9Cl2FN2O/c16-11-6-2-5-10(13(11)17)14-12(15(19)20-21-14)8-3-1-4-9(18)7-8/h1-7H,(H2,19,20). The van der Waals surface area contributed by atoms with Crippen LogP contribution in [-0.2, 0) is 0 Å². The van der Waals surface area contributed by atoms with E-state index in [9.17, 15) is 4.39 Å². The van der Waals surface area contributed by atoms with Crippen molar-refractivity contribution in [2.45, 2.75) is 0 Å². The highest BCUT2D eigenvalue weighted by Gasteiger charge is 2.20. The Morgan fingerprint density at radius 3 is 2.62 bits per heavy atom. The van der Waals surface area contributed by atoms with Gasteiger partial charge in [0.15, 0.2) is 11.6 Å². The van der Waals surface area contributed by atoms with E-state index in [1.807, 2.05) is 0 Å². The van der Waals surface area contributed by atoms with Gasteiger partial charge in [0.25, 0.3) is 0 Å². The molecule has 0 amide bonds. The summed E-state index contributed by atoms with van der Waals surface area (Å²) in [7, 11) is 0. The van der Waals surface area contributed by atoms with Crippen molar-refractivity contribution in [2.24, 2.45) is 0 Å². The first kappa shape index (κ1) is 13.9. The molecular weight excluding hydrogens is 314 g/mol. The van der Waals surface area contributed by atoms with Crippen LogP contribution in [0.15, 0.2) is 47.0 Å². The van der Waals surface area contributed by atoms with Gasteiger partial charge in [-0.2, -0.15) is 0 Å². The second kappa shape index (κ2) is 5.39. The molecular formula is C15H9Cl2FN2O. The highest BCUT2D eigenvalue weighted by atomic mass is 35.5. The first-order valence-electron chi connectivity index (χ1n) is 6.03. The molecule has 1 aromatic heterocycles. The van der Waals surface area contributed by atoms with Gasteiger partial charge in [0.2, 0.25) is 0 Å². The van der Waals surface area contributed by atoms with Crippen LogP contribution in [0.1, 0.15) is 0 Å². The normalized spacial score (nSPS) is 10.8. The fourth-order valence-corrected chi connectivity index (χ4v) is 2.47. The monoisotopic (exact) mass is 322 g/mol. The van der Waals surface area contributed by atoms with E-state index >= 15 is 0 Å². The fraction of sp³-hybridized carbons (Fsp3) is 0. The first-order valence-corrected chi connectivity index (χ1v) is 6.79. The zero-order valence-corrected chi connectivity index (χ0v) is 12.1. The van der Waals surface area contributed by atoms with Gasteiger partial charge >= 0.3 is 0 Å². The van der Waals surface area contributed by atoms with Crippen molar-refractivity contribution in [2.75, 3.05) is 5.73 Å². The molecule has 2 N–H and O–H groups in total. The van der Waals surface area contributed by atoms with Crippen LogP contribution in [0, 0.1) is 5.82 Å². The Morgan fingerprint density at radius 1 is 1.10 bits per heavy atom. The summed E-state index contributed by atoms with van der Waals surface area (Å²) >= 11 is 12.2. The average Bonchev–Trinajstić information content (AvgIpc) is 2.83. The van der Waals surface area contributed by atoms with Crippen LogP contribution in [0.3, 0.4) is 0 Å². The van der Waals surface area contributed by atoms with E-state index in [4.69, 9.17) is 33.5 Å². The molecule has 2 aromatic carbocycles. The predicted molar refractivity (Wildman–Crippen MR) is 81.8 cm³/mol. The van der Waals surface area contributed by atoms with Crippen molar-refractivity contribution in [3.8, 4) is 22.5 Å². The highest BCUT2D eigenvalue weighted by Crippen LogP contribution is 2.41. The van der Waals surface area contributed by atoms with Crippen molar-refractivity contribution in [3.63, 3.8) is 0 Å². The molecule has 0 saturated carbocycles. The van der Waals surface area contributed by atoms with Gasteiger partial charge in [-0.15, -0.1) is 0 Å². The van der Waals surface area contributed by atoms with Gasteiger partial charge in [-0.05, 0) is 29.8 Å². The topological polar surface area (TPSA) is 52.0 Å². The van der Waals surface area contributed by atoms with Crippen LogP contribution in [0.4, 0.5) is 10.2 Å². The second-order valence-corrected chi connectivity index (χ2v) is 5.17. The maximum Gasteiger partial charge on any atom is 0.178 e. The molecule has 0 spiro atoms. The molecule has 0 aliphatic heterocycles. The molecule has 0 bridgehead atoms. The predicted octanol–water partition coefficient (Wildman–Crippen LogP) is 5.04. The third kappa shape index (κ3) is 2.48. The molecule has 6 heteroatoms. The number of rotatable bonds is 2. The van der Waals surface area contributed by atoms with Gasteiger partial charge in [-0.25, -0.2) is 4.39 Å². The summed E-state index contributed by atoms with van der Waals surface area (Å²) in [4.78, 5) is 0. The lowest BCUT2D eigenvalue weighted by Gasteiger charge is -2.06. The quantitative estimate of drug-likeness (QED) is 0.719. The SMILES string of the molecule is Nc1noc(-c2cccc(Cl)c2Cl)c1-c1cccc(F)c1. The molecule has 21 heavy (non-hydrogen) atoms. The van der Waals surface area contributed by atoms with Crippen LogP contribution >= 0.6 is 23.2 Å². The van der Waals surface area contributed by atoms with Gasteiger partial charge in [-0.1, -0.05) is 46.6 Å². The molecule has 0 unspecified atom stereocenters. The largest absolute Gasteiger partial charge is 0.380 e. The van der Waals surface area contributed by atoms with E-state index in [1.54, 1.807) is 30.3 Å². The van der Waals surface area contributed by atoms with E-state index in [0.717, 1.165) is 0 Å². The lowest BCUT2D eigenvalue weighted by molar-refractivity contribution is 0.436. The molecule has 0 aliphatic carbocycles. The summed E-state index contributed by atoms with van der Waals surface area (Å²) in [5.74, 6) is 0.133. The summed E-state index contributed by atoms with van der Waals surface area (Å²) in [5.41, 5.74) is 7.43. The Labute approximate surface area is 130 Å². The highest BCUT2D eigenvalue weighted by molar-refractivity contribution is 6.43. The van der Waals surface area contributed by atoms with E-state index in [1.165, 1.54) is 12.1 Å². The van der Waals surface area contributed by atoms with E-state index in [-0.39, 0.29) is 11.6 Å². The van der Waals surface area contributed by atoms with Gasteiger partial charge in [0, 0.05) is 5.56 Å². The second-order valence-electron chi connectivity index (χ2n) is 4.38. The maximum atomic E-state index is 13.4. The zero-order valence-electron chi connectivity index (χ0n) is 10.6. The number of hydrogen-bond acceptors (Lipinski definition) is 3. The Kier molecular flexibility index (Phi) is 3.57. The summed E-state index contributed by atoms with van der Waals surface area (Å²) in [6.45, 7) is 0. The lowest BCUT2D eigenvalue weighted by atomic mass is 10.0. The Balaban J connectivity index is 2.24. The number of nitrogens with two attached hydrogens (primary N) is 1. The number of halogens is 3. The third-order valence-electron chi connectivity index (χ3n) is 3.03. The van der Waals surface area contributed by atoms with Crippen molar-refractivity contribution in [1.82, 2.24) is 5.16 Å². The number of anilines is 1. The van der Waals surface area contributed by atoms with Crippen LogP contribution in [0.2, 0.25) is 10.0 Å². The van der Waals surface area contributed by atoms with E-state index < -0.39 is 0 Å². The average molecular weight is 323 g/mol. The third-order valence-corrected chi connectivity index (χ3v) is 3.85. The number of benzene rings is 2. The smallest absolute Gasteiger partial charge is 0.178 e. The molecule has 0 radical (unpaired) electrons. The minimum absolute atomic E-state index is 0.159. The Hall–Kier alpha value is -2.04. The molecule has 0 saturated heterocycles. The van der Waals surface area contributed by atoms with Gasteiger partial charge in [-0.3, -0.25) is 0 Å². The van der Waals surface area contributed by atoms with Gasteiger partial charge in [0.1, 0.15) is 5.82 Å². The first-order chi connectivity index (χ1) is 10.1. The zero-order chi connectivity index (χ0) is 15.0. The van der Waals surface area contributed by atoms with Crippen LogP contribution in [0.5, 0.6) is 0 Å². The van der Waals surface area contributed by atoms with Crippen molar-refractivity contribution in [1.29, 1.82) is 0 Å². The maximum absolute atomic E-state index is 13.4. The van der Waals surface area contributed by atoms with Crippen LogP contribution in [-0.4, -0.2) is 5.16 Å². The van der Waals surface area contributed by atoms with Crippen LogP contribution in [0.25, 0.3) is 22.5 Å². The van der Waals surface area contributed by atoms with Crippen molar-refractivity contribution < 1.29 is 8.91 Å². The molecule has 3 aromatic rings. The minimum atomic E-state index is -0.378. The minimum Gasteiger partial charge on any atom is -0.380 e. The van der Waals surface area contributed by atoms with Crippen molar-refractivity contribution >= 4 is 29.0 Å². The number of nitrogen functional groups attached to an aromatic ring is 1. The summed E-state index contributed by atoms with van der Waals surface area (Å²) in [5, 5.41) is 4.46. The molecule has 1 heterocycles. The van der Waals surface area contributed by atoms with Crippen molar-refractivity contribution in [3.05, 3.63) is 58.3 Å². The number of aromatic nitrogens is 1. The summed E-state index contributed by atoms with van der Waals surface area (Å²) in [6, 6.07) is 11.1. The molecule has 3 nitrogen and oxygen atoms in total. The molecule has 106 valence electrons. The molecule has 0 aliphatic rings. The summed E-state index contributed by atoms with van der Waals surface area (Å²) in [6.07, 6.45) is 0. The molecule has 0 atom stereocenters. The van der Waals surface area contributed by atoms with Gasteiger partial charge in [0.05, 0.1) is 15.6 Å². The Bertz CT molecular complexity index is 817. The summed E-state index contributed by atoms with van der Waals surface area (Å²) < 4.78 is 18.7.